The summed E-state index contributed by atoms with van der Waals surface area (Å²) in [6, 6.07) is 18.7. The van der Waals surface area contributed by atoms with Crippen LogP contribution < -0.4 is 5.32 Å². The molecule has 0 atom stereocenters. The van der Waals surface area contributed by atoms with Crippen LogP contribution in [0.15, 0.2) is 54.6 Å². The number of rotatable bonds is 7. The van der Waals surface area contributed by atoms with E-state index >= 15 is 0 Å². The number of benzene rings is 2. The number of amides is 2. The number of carbonyl (C=O) groups excluding carboxylic acids is 2. The van der Waals surface area contributed by atoms with Crippen LogP contribution in [0.25, 0.3) is 0 Å². The smallest absolute Gasteiger partial charge is 0.407 e. The summed E-state index contributed by atoms with van der Waals surface area (Å²) in [4.78, 5) is 26.5. The van der Waals surface area contributed by atoms with Gasteiger partial charge < -0.3 is 15.0 Å². The first-order valence-electron chi connectivity index (χ1n) is 11.6. The molecule has 1 aliphatic heterocycles. The minimum Gasteiger partial charge on any atom is -0.444 e. The molecule has 1 heterocycles. The third-order valence-corrected chi connectivity index (χ3v) is 5.82. The number of aryl methyl sites for hydroxylation is 1. The van der Waals surface area contributed by atoms with Gasteiger partial charge in [-0.25, -0.2) is 4.79 Å². The second-order valence-electron chi connectivity index (χ2n) is 9.69. The molecular weight excluding hydrogens is 400 g/mol. The summed E-state index contributed by atoms with van der Waals surface area (Å²) >= 11 is 0. The van der Waals surface area contributed by atoms with E-state index in [4.69, 9.17) is 4.74 Å². The van der Waals surface area contributed by atoms with Crippen LogP contribution in [-0.2, 0) is 28.9 Å². The lowest BCUT2D eigenvalue weighted by atomic mass is 9.90. The highest BCUT2D eigenvalue weighted by molar-refractivity contribution is 5.76. The van der Waals surface area contributed by atoms with Gasteiger partial charge in [-0.15, -0.1) is 0 Å². The van der Waals surface area contributed by atoms with Crippen LogP contribution in [0.4, 0.5) is 4.79 Å². The van der Waals surface area contributed by atoms with E-state index in [1.165, 1.54) is 5.56 Å². The Hall–Kier alpha value is -2.82. The predicted octanol–water partition coefficient (Wildman–Crippen LogP) is 5.13. The van der Waals surface area contributed by atoms with Gasteiger partial charge in [0, 0.05) is 26.1 Å². The number of hydrogen-bond acceptors (Lipinski definition) is 3. The quantitative estimate of drug-likeness (QED) is 0.655. The Kier molecular flexibility index (Phi) is 8.32. The highest BCUT2D eigenvalue weighted by Gasteiger charge is 2.22. The minimum atomic E-state index is -0.502. The van der Waals surface area contributed by atoms with E-state index < -0.39 is 11.7 Å². The van der Waals surface area contributed by atoms with Crippen LogP contribution in [0, 0.1) is 5.92 Å². The molecule has 1 N–H and O–H groups in total. The fourth-order valence-electron chi connectivity index (χ4n) is 4.06. The predicted molar refractivity (Wildman–Crippen MR) is 127 cm³/mol. The lowest BCUT2D eigenvalue weighted by Crippen LogP contribution is -2.39. The van der Waals surface area contributed by atoms with Crippen LogP contribution in [0.3, 0.4) is 0 Å². The lowest BCUT2D eigenvalue weighted by molar-refractivity contribution is -0.132. The highest BCUT2D eigenvalue weighted by Crippen LogP contribution is 2.22. The molecule has 32 heavy (non-hydrogen) atoms. The number of carbonyl (C=O) groups is 2. The van der Waals surface area contributed by atoms with Crippen molar-refractivity contribution in [3.63, 3.8) is 0 Å². The van der Waals surface area contributed by atoms with Crippen molar-refractivity contribution in [2.45, 2.75) is 65.0 Å². The second kappa shape index (κ2) is 11.2. The molecule has 2 aromatic carbocycles. The molecule has 5 heteroatoms. The SMILES string of the molecule is CC(C)(C)OC(=O)NCc1ccc(CCC(=O)N2CCC(Cc3ccccc3)CC2)cc1. The Morgan fingerprint density at radius 3 is 2.19 bits per heavy atom. The number of piperidine rings is 1. The molecule has 1 aliphatic rings. The first-order chi connectivity index (χ1) is 15.3. The Labute approximate surface area is 192 Å². The Morgan fingerprint density at radius 2 is 1.56 bits per heavy atom. The van der Waals surface area contributed by atoms with Crippen molar-refractivity contribution >= 4 is 12.0 Å². The summed E-state index contributed by atoms with van der Waals surface area (Å²) in [5, 5.41) is 2.76. The largest absolute Gasteiger partial charge is 0.444 e. The molecule has 0 saturated carbocycles. The summed E-state index contributed by atoms with van der Waals surface area (Å²) in [5.74, 6) is 0.919. The first-order valence-corrected chi connectivity index (χ1v) is 11.6. The molecule has 0 unspecified atom stereocenters. The number of hydrogen-bond donors (Lipinski definition) is 1. The Bertz CT molecular complexity index is 864. The molecule has 2 aromatic rings. The van der Waals surface area contributed by atoms with Gasteiger partial charge in [-0.05, 0) is 69.1 Å². The standard InChI is InChI=1S/C27H36N2O3/c1-27(2,3)32-26(31)28-20-24-11-9-21(10-12-24)13-14-25(30)29-17-15-23(16-18-29)19-22-7-5-4-6-8-22/h4-12,23H,13-20H2,1-3H3,(H,28,31). The maximum atomic E-state index is 12.7. The van der Waals surface area contributed by atoms with Gasteiger partial charge in [-0.1, -0.05) is 54.6 Å². The van der Waals surface area contributed by atoms with Gasteiger partial charge in [0.1, 0.15) is 5.60 Å². The molecule has 1 saturated heterocycles. The van der Waals surface area contributed by atoms with E-state index in [9.17, 15) is 9.59 Å². The molecule has 172 valence electrons. The summed E-state index contributed by atoms with van der Waals surface area (Å²) < 4.78 is 5.25. The number of ether oxygens (including phenoxy) is 1. The minimum absolute atomic E-state index is 0.249. The zero-order valence-electron chi connectivity index (χ0n) is 19.6. The van der Waals surface area contributed by atoms with Gasteiger partial charge in [0.15, 0.2) is 0 Å². The summed E-state index contributed by atoms with van der Waals surface area (Å²) in [6.45, 7) is 7.68. The molecule has 2 amide bonds. The third kappa shape index (κ3) is 8.03. The maximum absolute atomic E-state index is 12.7. The molecule has 0 aliphatic carbocycles. The second-order valence-corrected chi connectivity index (χ2v) is 9.69. The van der Waals surface area contributed by atoms with Crippen molar-refractivity contribution < 1.29 is 14.3 Å². The van der Waals surface area contributed by atoms with Gasteiger partial charge in [-0.3, -0.25) is 4.79 Å². The van der Waals surface area contributed by atoms with E-state index in [1.54, 1.807) is 0 Å². The van der Waals surface area contributed by atoms with Crippen LogP contribution in [0.1, 0.15) is 56.7 Å². The fourth-order valence-corrected chi connectivity index (χ4v) is 4.06. The van der Waals surface area contributed by atoms with Gasteiger partial charge in [0.05, 0.1) is 0 Å². The van der Waals surface area contributed by atoms with Crippen molar-refractivity contribution in [3.05, 3.63) is 71.3 Å². The molecule has 0 radical (unpaired) electrons. The molecular formula is C27H36N2O3. The molecule has 3 rings (SSSR count). The van der Waals surface area contributed by atoms with E-state index in [-0.39, 0.29) is 5.91 Å². The lowest BCUT2D eigenvalue weighted by Gasteiger charge is -2.32. The van der Waals surface area contributed by atoms with E-state index in [1.807, 2.05) is 49.9 Å². The van der Waals surface area contributed by atoms with E-state index in [2.05, 4.69) is 35.6 Å². The normalized spacial score (nSPS) is 14.8. The van der Waals surface area contributed by atoms with Crippen molar-refractivity contribution in [3.8, 4) is 0 Å². The van der Waals surface area contributed by atoms with Crippen molar-refractivity contribution in [2.24, 2.45) is 5.92 Å². The summed E-state index contributed by atoms with van der Waals surface area (Å²) in [7, 11) is 0. The number of nitrogens with one attached hydrogen (secondary N) is 1. The van der Waals surface area contributed by atoms with Crippen molar-refractivity contribution in [2.75, 3.05) is 13.1 Å². The molecule has 0 bridgehead atoms. The number of alkyl carbamates (subject to hydrolysis) is 1. The molecule has 5 nitrogen and oxygen atoms in total. The van der Waals surface area contributed by atoms with Gasteiger partial charge >= 0.3 is 6.09 Å². The summed E-state index contributed by atoms with van der Waals surface area (Å²) in [5.41, 5.74) is 3.03. The highest BCUT2D eigenvalue weighted by atomic mass is 16.6. The average Bonchev–Trinajstić information content (AvgIpc) is 2.77. The van der Waals surface area contributed by atoms with Crippen LogP contribution >= 0.6 is 0 Å². The Morgan fingerprint density at radius 1 is 0.938 bits per heavy atom. The van der Waals surface area contributed by atoms with Crippen LogP contribution in [-0.4, -0.2) is 35.6 Å². The molecule has 0 aromatic heterocycles. The van der Waals surface area contributed by atoms with Crippen molar-refractivity contribution in [1.82, 2.24) is 10.2 Å². The van der Waals surface area contributed by atoms with Gasteiger partial charge in [0.2, 0.25) is 5.91 Å². The van der Waals surface area contributed by atoms with Gasteiger partial charge in [0.25, 0.3) is 0 Å². The van der Waals surface area contributed by atoms with Crippen LogP contribution in [0.2, 0.25) is 0 Å². The van der Waals surface area contributed by atoms with Crippen molar-refractivity contribution in [1.29, 1.82) is 0 Å². The zero-order valence-corrected chi connectivity index (χ0v) is 19.6. The fraction of sp³-hybridized carbons (Fsp3) is 0.481. The van der Waals surface area contributed by atoms with E-state index in [0.29, 0.717) is 18.9 Å². The number of likely N-dealkylation sites (tertiary alicyclic amines) is 1. The van der Waals surface area contributed by atoms with Gasteiger partial charge in [-0.2, -0.15) is 0 Å². The Balaban J connectivity index is 1.36. The third-order valence-electron chi connectivity index (χ3n) is 5.82. The topological polar surface area (TPSA) is 58.6 Å². The first kappa shape index (κ1) is 23.8. The molecule has 0 spiro atoms. The molecule has 1 fully saturated rings. The van der Waals surface area contributed by atoms with E-state index in [0.717, 1.165) is 49.9 Å². The average molecular weight is 437 g/mol. The number of nitrogens with zero attached hydrogens (tertiary/aromatic N) is 1. The maximum Gasteiger partial charge on any atom is 0.407 e. The van der Waals surface area contributed by atoms with Crippen LogP contribution in [0.5, 0.6) is 0 Å². The summed E-state index contributed by atoms with van der Waals surface area (Å²) in [6.07, 6.45) is 4.14. The monoisotopic (exact) mass is 436 g/mol. The zero-order chi connectivity index (χ0) is 23.0.